The number of nitrogens with one attached hydrogen (secondary N) is 1. The molecule has 2 aliphatic heterocycles. The van der Waals surface area contributed by atoms with E-state index in [1.807, 2.05) is 30.6 Å². The minimum absolute atomic E-state index is 0.00491. The van der Waals surface area contributed by atoms with Crippen molar-refractivity contribution in [2.45, 2.75) is 39.2 Å². The second-order valence-electron chi connectivity index (χ2n) is 8.37. The van der Waals surface area contributed by atoms with Crippen LogP contribution < -0.4 is 5.32 Å². The largest absolute Gasteiger partial charge is 0.481 e. The molecule has 2 heterocycles. The topological polar surface area (TPSA) is 93.2 Å². The number of piperidine rings is 1. The number of amides is 2. The highest BCUT2D eigenvalue weighted by molar-refractivity contribution is 5.79. The van der Waals surface area contributed by atoms with E-state index in [1.165, 1.54) is 0 Å². The molecule has 0 saturated carbocycles. The Morgan fingerprint density at radius 2 is 1.65 bits per heavy atom. The monoisotopic (exact) mass is 368 g/mol. The summed E-state index contributed by atoms with van der Waals surface area (Å²) in [6.07, 6.45) is 1.51. The standard InChI is InChI=1S/C18H32N4O4/c1-18(2,3)19-15(23)12-20-7-9-22(10-8-20)16(24)13-21-6-4-5-14(11-21)17(25)26/h14H,4-13H2,1-3H3,(H,19,23)(H,25,26). The Morgan fingerprint density at radius 1 is 1.00 bits per heavy atom. The van der Waals surface area contributed by atoms with Crippen LogP contribution in [-0.2, 0) is 14.4 Å². The van der Waals surface area contributed by atoms with Gasteiger partial charge in [-0.05, 0) is 40.2 Å². The quantitative estimate of drug-likeness (QED) is 0.701. The molecule has 2 amide bonds. The van der Waals surface area contributed by atoms with E-state index in [2.05, 4.69) is 10.2 Å². The molecule has 26 heavy (non-hydrogen) atoms. The maximum absolute atomic E-state index is 12.5. The molecule has 148 valence electrons. The van der Waals surface area contributed by atoms with Crippen molar-refractivity contribution in [2.75, 3.05) is 52.4 Å². The third-order valence-electron chi connectivity index (χ3n) is 4.82. The van der Waals surface area contributed by atoms with Gasteiger partial charge in [-0.15, -0.1) is 0 Å². The van der Waals surface area contributed by atoms with Gasteiger partial charge >= 0.3 is 5.97 Å². The molecule has 1 atom stereocenters. The lowest BCUT2D eigenvalue weighted by molar-refractivity contribution is -0.145. The Hall–Kier alpha value is -1.67. The SMILES string of the molecule is CC(C)(C)NC(=O)CN1CCN(C(=O)CN2CCCC(C(=O)O)C2)CC1. The van der Waals surface area contributed by atoms with Crippen molar-refractivity contribution in [3.05, 3.63) is 0 Å². The molecule has 2 fully saturated rings. The van der Waals surface area contributed by atoms with Gasteiger partial charge in [0.1, 0.15) is 0 Å². The summed E-state index contributed by atoms with van der Waals surface area (Å²) < 4.78 is 0. The first-order valence-corrected chi connectivity index (χ1v) is 9.40. The number of carboxylic acid groups (broad SMARTS) is 1. The van der Waals surface area contributed by atoms with Gasteiger partial charge < -0.3 is 15.3 Å². The first-order valence-electron chi connectivity index (χ1n) is 9.40. The summed E-state index contributed by atoms with van der Waals surface area (Å²) in [4.78, 5) is 41.5. The van der Waals surface area contributed by atoms with Crippen LogP contribution >= 0.6 is 0 Å². The van der Waals surface area contributed by atoms with Crippen LogP contribution in [0.2, 0.25) is 0 Å². The fourth-order valence-corrected chi connectivity index (χ4v) is 3.51. The molecule has 0 aromatic carbocycles. The molecule has 2 saturated heterocycles. The molecular formula is C18H32N4O4. The summed E-state index contributed by atoms with van der Waals surface area (Å²) in [6.45, 7) is 10.3. The fraction of sp³-hybridized carbons (Fsp3) is 0.833. The molecule has 0 aliphatic carbocycles. The van der Waals surface area contributed by atoms with Gasteiger partial charge in [0, 0.05) is 38.3 Å². The van der Waals surface area contributed by atoms with Crippen molar-refractivity contribution < 1.29 is 19.5 Å². The van der Waals surface area contributed by atoms with E-state index in [0.29, 0.717) is 45.7 Å². The summed E-state index contributed by atoms with van der Waals surface area (Å²) >= 11 is 0. The van der Waals surface area contributed by atoms with Gasteiger partial charge in [-0.3, -0.25) is 24.2 Å². The van der Waals surface area contributed by atoms with E-state index in [4.69, 9.17) is 5.11 Å². The number of likely N-dealkylation sites (tertiary alicyclic amines) is 1. The molecule has 8 heteroatoms. The number of carbonyl (C=O) groups is 3. The van der Waals surface area contributed by atoms with Gasteiger partial charge in [0.2, 0.25) is 11.8 Å². The highest BCUT2D eigenvalue weighted by Gasteiger charge is 2.29. The average molecular weight is 368 g/mol. The van der Waals surface area contributed by atoms with Crippen LogP contribution in [0.3, 0.4) is 0 Å². The summed E-state index contributed by atoms with van der Waals surface area (Å²) in [5.74, 6) is -1.08. The van der Waals surface area contributed by atoms with Crippen LogP contribution in [0.25, 0.3) is 0 Å². The van der Waals surface area contributed by atoms with Crippen molar-refractivity contribution in [1.29, 1.82) is 0 Å². The predicted molar refractivity (Wildman–Crippen MR) is 97.7 cm³/mol. The third-order valence-corrected chi connectivity index (χ3v) is 4.82. The van der Waals surface area contributed by atoms with E-state index in [1.54, 1.807) is 0 Å². The molecule has 0 aromatic heterocycles. The first-order chi connectivity index (χ1) is 12.1. The Morgan fingerprint density at radius 3 is 2.23 bits per heavy atom. The normalized spacial score (nSPS) is 22.9. The van der Waals surface area contributed by atoms with Crippen molar-refractivity contribution >= 4 is 17.8 Å². The number of hydrogen-bond acceptors (Lipinski definition) is 5. The molecular weight excluding hydrogens is 336 g/mol. The van der Waals surface area contributed by atoms with Gasteiger partial charge in [-0.1, -0.05) is 0 Å². The fourth-order valence-electron chi connectivity index (χ4n) is 3.51. The summed E-state index contributed by atoms with van der Waals surface area (Å²) in [6, 6.07) is 0. The molecule has 0 aromatic rings. The maximum atomic E-state index is 12.5. The maximum Gasteiger partial charge on any atom is 0.307 e. The average Bonchev–Trinajstić information content (AvgIpc) is 2.53. The Labute approximate surface area is 155 Å². The van der Waals surface area contributed by atoms with Crippen molar-refractivity contribution in [1.82, 2.24) is 20.0 Å². The smallest absolute Gasteiger partial charge is 0.307 e. The Bertz CT molecular complexity index is 524. The number of piperazine rings is 1. The second-order valence-corrected chi connectivity index (χ2v) is 8.37. The van der Waals surface area contributed by atoms with Crippen LogP contribution in [0.15, 0.2) is 0 Å². The lowest BCUT2D eigenvalue weighted by atomic mass is 9.98. The number of carboxylic acids is 1. The van der Waals surface area contributed by atoms with Crippen LogP contribution in [0.1, 0.15) is 33.6 Å². The van der Waals surface area contributed by atoms with E-state index >= 15 is 0 Å². The molecule has 2 N–H and O–H groups in total. The molecule has 2 aliphatic rings. The van der Waals surface area contributed by atoms with Crippen LogP contribution in [0.4, 0.5) is 0 Å². The van der Waals surface area contributed by atoms with Crippen LogP contribution in [-0.4, -0.2) is 95.5 Å². The lowest BCUT2D eigenvalue weighted by Crippen LogP contribution is -2.54. The van der Waals surface area contributed by atoms with E-state index in [-0.39, 0.29) is 29.8 Å². The molecule has 1 unspecified atom stereocenters. The minimum Gasteiger partial charge on any atom is -0.481 e. The minimum atomic E-state index is -0.774. The number of aliphatic carboxylic acids is 1. The Kier molecular flexibility index (Phi) is 7.00. The van der Waals surface area contributed by atoms with Crippen molar-refractivity contribution in [3.8, 4) is 0 Å². The van der Waals surface area contributed by atoms with E-state index in [0.717, 1.165) is 13.0 Å². The Balaban J connectivity index is 1.72. The zero-order valence-corrected chi connectivity index (χ0v) is 16.2. The molecule has 0 bridgehead atoms. The number of hydrogen-bond donors (Lipinski definition) is 2. The van der Waals surface area contributed by atoms with Gasteiger partial charge in [-0.25, -0.2) is 0 Å². The third kappa shape index (κ3) is 6.57. The molecule has 0 radical (unpaired) electrons. The first kappa shape index (κ1) is 20.6. The van der Waals surface area contributed by atoms with Crippen molar-refractivity contribution in [3.63, 3.8) is 0 Å². The summed E-state index contributed by atoms with van der Waals surface area (Å²) in [7, 11) is 0. The van der Waals surface area contributed by atoms with Gasteiger partial charge in [0.05, 0.1) is 19.0 Å². The zero-order valence-electron chi connectivity index (χ0n) is 16.2. The molecule has 8 nitrogen and oxygen atoms in total. The highest BCUT2D eigenvalue weighted by Crippen LogP contribution is 2.16. The number of nitrogens with zero attached hydrogens (tertiary/aromatic N) is 3. The summed E-state index contributed by atoms with van der Waals surface area (Å²) in [5, 5.41) is 12.1. The molecule has 0 spiro atoms. The van der Waals surface area contributed by atoms with Gasteiger partial charge in [-0.2, -0.15) is 0 Å². The molecule has 2 rings (SSSR count). The zero-order chi connectivity index (χ0) is 19.3. The van der Waals surface area contributed by atoms with Crippen molar-refractivity contribution in [2.24, 2.45) is 5.92 Å². The summed E-state index contributed by atoms with van der Waals surface area (Å²) in [5.41, 5.74) is -0.239. The lowest BCUT2D eigenvalue weighted by Gasteiger charge is -2.37. The van der Waals surface area contributed by atoms with Gasteiger partial charge in [0.25, 0.3) is 0 Å². The number of rotatable bonds is 5. The van der Waals surface area contributed by atoms with Crippen LogP contribution in [0.5, 0.6) is 0 Å². The van der Waals surface area contributed by atoms with Crippen LogP contribution in [0, 0.1) is 5.92 Å². The highest BCUT2D eigenvalue weighted by atomic mass is 16.4. The number of carbonyl (C=O) groups excluding carboxylic acids is 2. The van der Waals surface area contributed by atoms with E-state index < -0.39 is 5.97 Å². The van der Waals surface area contributed by atoms with E-state index in [9.17, 15) is 14.4 Å². The van der Waals surface area contributed by atoms with Gasteiger partial charge in [0.15, 0.2) is 0 Å². The predicted octanol–water partition coefficient (Wildman–Crippen LogP) is -0.158. The second kappa shape index (κ2) is 8.81.